The Hall–Kier alpha value is -0.700. The van der Waals surface area contributed by atoms with Crippen LogP contribution in [0.25, 0.3) is 4.13 Å². The van der Waals surface area contributed by atoms with Gasteiger partial charge in [-0.3, -0.25) is 4.79 Å². The molecule has 0 radical (unpaired) electrons. The molecule has 0 amide bonds. The molecule has 1 saturated heterocycles. The molecule has 1 unspecified atom stereocenters. The Kier molecular flexibility index (Phi) is 13.8. The zero-order valence-electron chi connectivity index (χ0n) is 22.4. The average Bonchev–Trinajstić information content (AvgIpc) is 2.77. The third-order valence-corrected chi connectivity index (χ3v) is 9.38. The van der Waals surface area contributed by atoms with E-state index in [9.17, 15) is 34.8 Å². The molecule has 1 aromatic rings. The zero-order valence-corrected chi connectivity index (χ0v) is 26.0. The van der Waals surface area contributed by atoms with Crippen molar-refractivity contribution >= 4 is 26.0 Å². The number of carbonyl (C=O) groups excluding carboxylic acids is 1. The summed E-state index contributed by atoms with van der Waals surface area (Å²) < 4.78 is 93.8. The van der Waals surface area contributed by atoms with Crippen molar-refractivity contribution < 1.29 is 73.8 Å². The molecule has 0 N–H and O–H groups in total. The van der Waals surface area contributed by atoms with Crippen LogP contribution >= 0.6 is 0 Å². The molecule has 1 fully saturated rings. The van der Waals surface area contributed by atoms with E-state index in [1.165, 1.54) is 12.1 Å². The monoisotopic (exact) mass is 581 g/mol. The van der Waals surface area contributed by atoms with E-state index in [1.807, 2.05) is 38.7 Å². The van der Waals surface area contributed by atoms with Gasteiger partial charge >= 0.3 is 41.0 Å². The molecule has 8 nitrogen and oxygen atoms in total. The van der Waals surface area contributed by atoms with Gasteiger partial charge < -0.3 is 13.6 Å². The molecule has 0 aromatic heterocycles. The second-order valence-corrected chi connectivity index (χ2v) is 12.9. The van der Waals surface area contributed by atoms with Crippen molar-refractivity contribution in [3.63, 3.8) is 0 Å². The first kappa shape index (κ1) is 36.3. The SMILES string of the molecule is CCC(C)c1ccc(S(=O)(=O)[N-]S(=O)(=O)C(F)(F)F)cc1.CCC1(COC(=O)C(C)(C)CC)COC1.[Na+]. The Morgan fingerprint density at radius 2 is 1.59 bits per heavy atom. The Morgan fingerprint density at radius 1 is 1.08 bits per heavy atom. The molecule has 1 atom stereocenters. The van der Waals surface area contributed by atoms with Crippen molar-refractivity contribution in [3.05, 3.63) is 34.0 Å². The van der Waals surface area contributed by atoms with E-state index in [1.54, 1.807) is 0 Å². The van der Waals surface area contributed by atoms with Crippen LogP contribution in [0.4, 0.5) is 13.2 Å². The van der Waals surface area contributed by atoms with Gasteiger partial charge in [0.15, 0.2) is 10.0 Å². The van der Waals surface area contributed by atoms with Gasteiger partial charge in [-0.15, -0.1) is 0 Å². The van der Waals surface area contributed by atoms with Crippen molar-refractivity contribution in [1.29, 1.82) is 0 Å². The van der Waals surface area contributed by atoms with Crippen LogP contribution in [0.1, 0.15) is 72.3 Å². The molecule has 1 heterocycles. The number of hydrogen-bond acceptors (Lipinski definition) is 7. The van der Waals surface area contributed by atoms with Gasteiger partial charge in [0.2, 0.25) is 0 Å². The number of alkyl halides is 3. The molecular formula is C23H35F3NNaO7S2. The van der Waals surface area contributed by atoms with E-state index in [0.29, 0.717) is 6.61 Å². The van der Waals surface area contributed by atoms with Crippen LogP contribution in [0.2, 0.25) is 0 Å². The van der Waals surface area contributed by atoms with Gasteiger partial charge in [0, 0.05) is 4.90 Å². The first-order chi connectivity index (χ1) is 16.4. The third-order valence-electron chi connectivity index (χ3n) is 6.36. The Morgan fingerprint density at radius 3 is 1.95 bits per heavy atom. The van der Waals surface area contributed by atoms with Crippen molar-refractivity contribution in [2.24, 2.45) is 10.8 Å². The van der Waals surface area contributed by atoms with E-state index in [-0.39, 0.29) is 52.3 Å². The molecule has 0 bridgehead atoms. The molecule has 2 rings (SSSR count). The molecule has 0 saturated carbocycles. The minimum absolute atomic E-state index is 0. The first-order valence-corrected chi connectivity index (χ1v) is 14.4. The molecule has 0 spiro atoms. The van der Waals surface area contributed by atoms with Crippen molar-refractivity contribution in [1.82, 2.24) is 0 Å². The molecule has 14 heteroatoms. The topological polar surface area (TPSA) is 118 Å². The van der Waals surface area contributed by atoms with Gasteiger partial charge in [-0.25, -0.2) is 16.8 Å². The molecule has 1 aliphatic rings. The van der Waals surface area contributed by atoms with Gasteiger partial charge in [-0.1, -0.05) is 39.8 Å². The standard InChI is InChI=1S/C12H22O3.C11H13F3NO4S2.Na/c1-5-11(3,4)10(13)15-9-12(6-2)7-14-8-12;1-3-8(2)9-4-6-10(7-5-9)20(16,17)15-21(18,19)11(12,13)14;/h5-9H2,1-4H3;4-8H,3H2,1-2H3;/q;-1;+1. The number of hydrogen-bond donors (Lipinski definition) is 0. The summed E-state index contributed by atoms with van der Waals surface area (Å²) in [4.78, 5) is 11.1. The Labute approximate surface area is 240 Å². The van der Waals surface area contributed by atoms with Crippen LogP contribution in [0.5, 0.6) is 0 Å². The molecule has 208 valence electrons. The maximum atomic E-state index is 12.1. The van der Waals surface area contributed by atoms with Gasteiger partial charge in [-0.05, 0) is 56.7 Å². The minimum Gasteiger partial charge on any atom is -0.465 e. The predicted molar refractivity (Wildman–Crippen MR) is 129 cm³/mol. The van der Waals surface area contributed by atoms with Gasteiger partial charge in [-0.2, -0.15) is 13.2 Å². The minimum atomic E-state index is -6.10. The molecule has 0 aliphatic carbocycles. The largest absolute Gasteiger partial charge is 1.00 e. The summed E-state index contributed by atoms with van der Waals surface area (Å²) in [6.07, 6.45) is 2.60. The predicted octanol–water partition coefficient (Wildman–Crippen LogP) is 2.51. The van der Waals surface area contributed by atoms with E-state index in [2.05, 4.69) is 6.92 Å². The van der Waals surface area contributed by atoms with Gasteiger partial charge in [0.1, 0.15) is 16.6 Å². The van der Waals surface area contributed by atoms with Crippen LogP contribution in [-0.2, 0) is 34.3 Å². The number of halogens is 3. The van der Waals surface area contributed by atoms with Crippen LogP contribution in [0.3, 0.4) is 0 Å². The number of rotatable bonds is 10. The number of sulfonamides is 2. The summed E-state index contributed by atoms with van der Waals surface area (Å²) in [5, 5.41) is 0. The number of benzene rings is 1. The summed E-state index contributed by atoms with van der Waals surface area (Å²) >= 11 is 0. The molecular weight excluding hydrogens is 546 g/mol. The summed E-state index contributed by atoms with van der Waals surface area (Å²) in [5.74, 6) is 0.0438. The van der Waals surface area contributed by atoms with Crippen LogP contribution < -0.4 is 29.6 Å². The first-order valence-electron chi connectivity index (χ1n) is 11.5. The van der Waals surface area contributed by atoms with E-state index in [0.717, 1.165) is 50.2 Å². The second kappa shape index (κ2) is 14.1. The fourth-order valence-corrected chi connectivity index (χ4v) is 4.95. The number of esters is 1. The van der Waals surface area contributed by atoms with E-state index < -0.39 is 30.5 Å². The smallest absolute Gasteiger partial charge is 0.465 e. The normalized spacial score (nSPS) is 16.4. The summed E-state index contributed by atoms with van der Waals surface area (Å²) in [6.45, 7) is 13.7. The van der Waals surface area contributed by atoms with Gasteiger partial charge in [0.25, 0.3) is 0 Å². The maximum Gasteiger partial charge on any atom is 1.00 e. The Bertz CT molecular complexity index is 1080. The van der Waals surface area contributed by atoms with Crippen LogP contribution in [-0.4, -0.2) is 48.1 Å². The molecule has 1 aliphatic heterocycles. The summed E-state index contributed by atoms with van der Waals surface area (Å²) in [5.41, 5.74) is -5.23. The van der Waals surface area contributed by atoms with Crippen LogP contribution in [0, 0.1) is 10.8 Å². The summed E-state index contributed by atoms with van der Waals surface area (Å²) in [7, 11) is -11.0. The van der Waals surface area contributed by atoms with Crippen LogP contribution in [0.15, 0.2) is 29.2 Å². The quantitative estimate of drug-likeness (QED) is 0.308. The van der Waals surface area contributed by atoms with Gasteiger partial charge in [0.05, 0.1) is 24.0 Å². The van der Waals surface area contributed by atoms with E-state index in [4.69, 9.17) is 9.47 Å². The van der Waals surface area contributed by atoms with Crippen molar-refractivity contribution in [3.8, 4) is 0 Å². The Balaban J connectivity index is 0.000000718. The third kappa shape index (κ3) is 10.1. The number of carbonyl (C=O) groups is 1. The second-order valence-electron chi connectivity index (χ2n) is 9.51. The van der Waals surface area contributed by atoms with Crippen molar-refractivity contribution in [2.45, 2.75) is 77.1 Å². The maximum absolute atomic E-state index is 12.1. The van der Waals surface area contributed by atoms with Crippen molar-refractivity contribution in [2.75, 3.05) is 19.8 Å². The fourth-order valence-electron chi connectivity index (χ4n) is 2.76. The average molecular weight is 582 g/mol. The molecule has 37 heavy (non-hydrogen) atoms. The zero-order chi connectivity index (χ0) is 28.0. The fraction of sp³-hybridized carbons (Fsp3) is 0.696. The van der Waals surface area contributed by atoms with E-state index >= 15 is 0 Å². The summed E-state index contributed by atoms with van der Waals surface area (Å²) in [6, 6.07) is 4.89. The molecule has 1 aromatic carbocycles. The number of ether oxygens (including phenoxy) is 2. The number of nitrogens with zero attached hydrogens (tertiary/aromatic N) is 1.